The van der Waals surface area contributed by atoms with Crippen molar-refractivity contribution in [3.05, 3.63) is 112 Å². The zero-order chi connectivity index (χ0) is 21.4. The fourth-order valence-corrected chi connectivity index (χ4v) is 4.84. The Morgan fingerprint density at radius 2 is 1.65 bits per heavy atom. The van der Waals surface area contributed by atoms with Gasteiger partial charge in [0.05, 0.1) is 6.54 Å². The third-order valence-electron chi connectivity index (χ3n) is 6.34. The number of nitrogens with zero attached hydrogens (tertiary/aromatic N) is 1. The molecular weight excluding hydrogens is 402 g/mol. The number of amides is 1. The summed E-state index contributed by atoms with van der Waals surface area (Å²) in [7, 11) is 0. The Morgan fingerprint density at radius 3 is 2.42 bits per heavy atom. The molecular formula is C28H24ClNO. The lowest BCUT2D eigenvalue weighted by Crippen LogP contribution is -2.36. The Labute approximate surface area is 188 Å². The average Bonchev–Trinajstić information content (AvgIpc) is 2.81. The van der Waals surface area contributed by atoms with E-state index in [4.69, 9.17) is 11.6 Å². The summed E-state index contributed by atoms with van der Waals surface area (Å²) in [5.74, 6) is 0.175. The molecule has 2 nitrogen and oxygen atoms in total. The first kappa shape index (κ1) is 19.8. The van der Waals surface area contributed by atoms with Gasteiger partial charge in [-0.2, -0.15) is 0 Å². The van der Waals surface area contributed by atoms with Crippen LogP contribution >= 0.6 is 11.6 Å². The van der Waals surface area contributed by atoms with E-state index in [1.54, 1.807) is 0 Å². The summed E-state index contributed by atoms with van der Waals surface area (Å²) in [6.45, 7) is 2.64. The molecule has 0 spiro atoms. The second-order valence-corrected chi connectivity index (χ2v) is 8.55. The average molecular weight is 426 g/mol. The van der Waals surface area contributed by atoms with Gasteiger partial charge >= 0.3 is 0 Å². The Morgan fingerprint density at radius 1 is 0.903 bits per heavy atom. The predicted octanol–water partition coefficient (Wildman–Crippen LogP) is 7.12. The molecule has 1 aliphatic rings. The summed E-state index contributed by atoms with van der Waals surface area (Å²) in [6.07, 6.45) is 1.46. The highest BCUT2D eigenvalue weighted by atomic mass is 35.5. The molecule has 4 aromatic carbocycles. The van der Waals surface area contributed by atoms with Crippen LogP contribution in [0, 0.1) is 0 Å². The normalized spacial score (nSPS) is 15.9. The van der Waals surface area contributed by atoms with Gasteiger partial charge in [-0.3, -0.25) is 4.79 Å². The van der Waals surface area contributed by atoms with Crippen LogP contribution in [0.2, 0.25) is 5.02 Å². The number of aryl methyl sites for hydroxylation is 1. The molecule has 0 aliphatic carbocycles. The SMILES string of the molecule is CCc1ccc(C2CC(=O)N(Cc3ccccc3Cl)c3ccc4ccccc4c32)cc1. The number of anilines is 1. The van der Waals surface area contributed by atoms with Crippen molar-refractivity contribution in [1.82, 2.24) is 0 Å². The minimum absolute atomic E-state index is 0.0435. The molecule has 1 heterocycles. The maximum absolute atomic E-state index is 13.4. The van der Waals surface area contributed by atoms with Crippen molar-refractivity contribution in [3.8, 4) is 0 Å². The maximum atomic E-state index is 13.4. The van der Waals surface area contributed by atoms with Crippen molar-refractivity contribution in [2.75, 3.05) is 4.90 Å². The van der Waals surface area contributed by atoms with Gasteiger partial charge in [-0.1, -0.05) is 91.3 Å². The Hall–Kier alpha value is -3.10. The lowest BCUT2D eigenvalue weighted by atomic mass is 9.81. The maximum Gasteiger partial charge on any atom is 0.228 e. The first-order valence-electron chi connectivity index (χ1n) is 10.8. The quantitative estimate of drug-likeness (QED) is 0.340. The Kier molecular flexibility index (Phi) is 5.25. The second-order valence-electron chi connectivity index (χ2n) is 8.14. The first-order valence-corrected chi connectivity index (χ1v) is 11.2. The van der Waals surface area contributed by atoms with Crippen molar-refractivity contribution in [1.29, 1.82) is 0 Å². The first-order chi connectivity index (χ1) is 15.2. The van der Waals surface area contributed by atoms with Crippen molar-refractivity contribution in [3.63, 3.8) is 0 Å². The molecule has 0 N–H and O–H groups in total. The van der Waals surface area contributed by atoms with Gasteiger partial charge in [-0.05, 0) is 51.6 Å². The van der Waals surface area contributed by atoms with Crippen LogP contribution in [0.4, 0.5) is 5.69 Å². The van der Waals surface area contributed by atoms with Crippen LogP contribution in [-0.4, -0.2) is 5.91 Å². The van der Waals surface area contributed by atoms with E-state index in [-0.39, 0.29) is 11.8 Å². The van der Waals surface area contributed by atoms with Gasteiger partial charge in [-0.25, -0.2) is 0 Å². The number of carbonyl (C=O) groups excluding carboxylic acids is 1. The molecule has 0 fully saturated rings. The fourth-order valence-electron chi connectivity index (χ4n) is 4.65. The highest BCUT2D eigenvalue weighted by Crippen LogP contribution is 2.44. The van der Waals surface area contributed by atoms with Crippen molar-refractivity contribution < 1.29 is 4.79 Å². The highest BCUT2D eigenvalue weighted by molar-refractivity contribution is 6.31. The number of carbonyl (C=O) groups is 1. The number of rotatable bonds is 4. The van der Waals surface area contributed by atoms with Gasteiger partial charge in [0, 0.05) is 23.0 Å². The Balaban J connectivity index is 1.67. The van der Waals surface area contributed by atoms with E-state index in [1.165, 1.54) is 27.5 Å². The van der Waals surface area contributed by atoms with Crippen LogP contribution < -0.4 is 4.90 Å². The monoisotopic (exact) mass is 425 g/mol. The summed E-state index contributed by atoms with van der Waals surface area (Å²) in [5.41, 5.74) is 5.68. The van der Waals surface area contributed by atoms with E-state index in [2.05, 4.69) is 67.6 Å². The van der Waals surface area contributed by atoms with Crippen LogP contribution in [0.3, 0.4) is 0 Å². The summed E-state index contributed by atoms with van der Waals surface area (Å²) in [6, 6.07) is 29.2. The van der Waals surface area contributed by atoms with E-state index < -0.39 is 0 Å². The standard InChI is InChI=1S/C28H24ClNO/c1-2-19-11-13-21(14-12-19)24-17-27(31)30(18-22-8-4-6-10-25(22)29)26-16-15-20-7-3-5-9-23(20)28(24)26/h3-16,24H,2,17-18H2,1H3. The molecule has 1 amide bonds. The number of benzene rings is 4. The molecule has 5 rings (SSSR count). The minimum atomic E-state index is 0.0435. The summed E-state index contributed by atoms with van der Waals surface area (Å²) in [4.78, 5) is 15.3. The van der Waals surface area contributed by atoms with Gasteiger partial charge in [0.25, 0.3) is 0 Å². The number of halogens is 1. The second kappa shape index (κ2) is 8.20. The highest BCUT2D eigenvalue weighted by Gasteiger charge is 2.33. The summed E-state index contributed by atoms with van der Waals surface area (Å²) in [5, 5.41) is 3.10. The van der Waals surface area contributed by atoms with E-state index in [0.717, 1.165) is 17.7 Å². The van der Waals surface area contributed by atoms with Gasteiger partial charge < -0.3 is 4.90 Å². The molecule has 0 aromatic heterocycles. The zero-order valence-corrected chi connectivity index (χ0v) is 18.3. The van der Waals surface area contributed by atoms with Crippen LogP contribution in [-0.2, 0) is 17.8 Å². The third kappa shape index (κ3) is 3.62. The number of fused-ring (bicyclic) bond motifs is 3. The molecule has 0 radical (unpaired) electrons. The molecule has 4 aromatic rings. The van der Waals surface area contributed by atoms with Gasteiger partial charge in [0.1, 0.15) is 0 Å². The smallest absolute Gasteiger partial charge is 0.228 e. The van der Waals surface area contributed by atoms with Crippen molar-refractivity contribution in [2.24, 2.45) is 0 Å². The molecule has 1 atom stereocenters. The molecule has 31 heavy (non-hydrogen) atoms. The van der Waals surface area contributed by atoms with Crippen LogP contribution in [0.5, 0.6) is 0 Å². The lowest BCUT2D eigenvalue weighted by Gasteiger charge is -2.35. The minimum Gasteiger partial charge on any atom is -0.308 e. The van der Waals surface area contributed by atoms with E-state index >= 15 is 0 Å². The van der Waals surface area contributed by atoms with E-state index in [0.29, 0.717) is 18.0 Å². The van der Waals surface area contributed by atoms with Crippen LogP contribution in [0.25, 0.3) is 10.8 Å². The fraction of sp³-hybridized carbons (Fsp3) is 0.179. The van der Waals surface area contributed by atoms with Crippen LogP contribution in [0.1, 0.15) is 41.5 Å². The number of hydrogen-bond acceptors (Lipinski definition) is 1. The molecule has 1 unspecified atom stereocenters. The Bertz CT molecular complexity index is 1260. The molecule has 0 saturated heterocycles. The van der Waals surface area contributed by atoms with Crippen molar-refractivity contribution in [2.45, 2.75) is 32.2 Å². The molecule has 3 heteroatoms. The summed E-state index contributed by atoms with van der Waals surface area (Å²) >= 11 is 6.43. The van der Waals surface area contributed by atoms with Gasteiger partial charge in [0.15, 0.2) is 0 Å². The zero-order valence-electron chi connectivity index (χ0n) is 17.5. The van der Waals surface area contributed by atoms with Gasteiger partial charge in [0.2, 0.25) is 5.91 Å². The largest absolute Gasteiger partial charge is 0.308 e. The van der Waals surface area contributed by atoms with Crippen molar-refractivity contribution >= 4 is 34.0 Å². The molecule has 1 aliphatic heterocycles. The van der Waals surface area contributed by atoms with Crippen LogP contribution in [0.15, 0.2) is 84.9 Å². The van der Waals surface area contributed by atoms with E-state index in [9.17, 15) is 4.79 Å². The summed E-state index contributed by atoms with van der Waals surface area (Å²) < 4.78 is 0. The third-order valence-corrected chi connectivity index (χ3v) is 6.71. The topological polar surface area (TPSA) is 20.3 Å². The predicted molar refractivity (Wildman–Crippen MR) is 129 cm³/mol. The van der Waals surface area contributed by atoms with Gasteiger partial charge in [-0.15, -0.1) is 0 Å². The molecule has 0 saturated carbocycles. The molecule has 154 valence electrons. The molecule has 0 bridgehead atoms. The number of hydrogen-bond donors (Lipinski definition) is 0. The lowest BCUT2D eigenvalue weighted by molar-refractivity contribution is -0.119. The van der Waals surface area contributed by atoms with E-state index in [1.807, 2.05) is 29.2 Å².